The number of nitrogens with zero attached hydrogens (tertiary/aromatic N) is 3. The summed E-state index contributed by atoms with van der Waals surface area (Å²) in [6.45, 7) is -4.32. The van der Waals surface area contributed by atoms with Crippen molar-refractivity contribution in [2.45, 2.75) is 38.7 Å². The Bertz CT molecular complexity index is 2250. The second-order valence-electron chi connectivity index (χ2n) is 13.6. The summed E-state index contributed by atoms with van der Waals surface area (Å²) in [6.07, 6.45) is -3.08. The Morgan fingerprint density at radius 2 is 1.10 bits per heavy atom. The van der Waals surface area contributed by atoms with Crippen molar-refractivity contribution < 1.29 is 43.2 Å². The first-order valence-corrected chi connectivity index (χ1v) is 20.8. The zero-order valence-electron chi connectivity index (χ0n) is 31.0. The third kappa shape index (κ3) is 7.63. The molecule has 2 unspecified atom stereocenters. The van der Waals surface area contributed by atoms with Crippen molar-refractivity contribution in [1.29, 1.82) is 0 Å². The molecule has 3 atom stereocenters. The second-order valence-corrected chi connectivity index (χ2v) is 18.8. The van der Waals surface area contributed by atoms with Crippen LogP contribution in [-0.4, -0.2) is 56.2 Å². The molecule has 16 heteroatoms. The summed E-state index contributed by atoms with van der Waals surface area (Å²) in [5.41, 5.74) is -0.979. The van der Waals surface area contributed by atoms with Crippen LogP contribution in [0.4, 0.5) is 21.0 Å². The number of hydrogen-bond donors (Lipinski definition) is 0. The third-order valence-corrected chi connectivity index (χ3v) is 16.7. The maximum atomic E-state index is 15.7. The van der Waals surface area contributed by atoms with E-state index in [1.165, 1.54) is 48.2 Å². The van der Waals surface area contributed by atoms with Gasteiger partial charge in [-0.1, -0.05) is 6.07 Å². The Morgan fingerprint density at radius 3 is 1.53 bits per heavy atom. The van der Waals surface area contributed by atoms with Gasteiger partial charge in [-0.15, -0.1) is 0 Å². The summed E-state index contributed by atoms with van der Waals surface area (Å²) in [5.74, 6) is -1.68. The fourth-order valence-electron chi connectivity index (χ4n) is 7.66. The number of rotatable bonds is 16. The number of para-hydroxylation sites is 2. The van der Waals surface area contributed by atoms with E-state index in [0.717, 1.165) is 0 Å². The molecule has 0 aliphatic carbocycles. The standard InChI is InChI=1S/C42H37ClN3O11P/c1-29(57-41(49)55-26-30-15-11-13-23-35(30)45(51)52)39-37(25-38(43)47)44(40(39)48)28-58(32-17-5-2-6-18-32,33-19-7-3-8-20-33,34-21-9-4-10-22-34)42(50)56-27-31-16-12-14-24-36(31)46(53)54/h2-24,29,37,39H,25-28H2,1H3/t29-,37?,39?/m0/s1. The molecule has 0 saturated carbocycles. The van der Waals surface area contributed by atoms with E-state index in [9.17, 15) is 34.6 Å². The molecule has 5 aromatic carbocycles. The maximum absolute atomic E-state index is 15.7. The number of carbonyl (C=O) groups excluding carboxylic acids is 4. The molecule has 0 N–H and O–H groups in total. The van der Waals surface area contributed by atoms with Gasteiger partial charge >= 0.3 is 322 Å². The molecule has 1 aliphatic rings. The predicted molar refractivity (Wildman–Crippen MR) is 217 cm³/mol. The number of carbonyl (C=O) groups is 4. The van der Waals surface area contributed by atoms with E-state index in [1.807, 2.05) is 0 Å². The number of hydrogen-bond acceptors (Lipinski definition) is 11. The summed E-state index contributed by atoms with van der Waals surface area (Å²) in [6, 6.07) is 37.1. The molecule has 1 saturated heterocycles. The quantitative estimate of drug-likeness (QED) is 0.0242. The summed E-state index contributed by atoms with van der Waals surface area (Å²) >= 11 is 6.01. The van der Waals surface area contributed by atoms with Crippen molar-refractivity contribution in [2.75, 3.05) is 6.29 Å². The van der Waals surface area contributed by atoms with Crippen molar-refractivity contribution in [3.8, 4) is 0 Å². The van der Waals surface area contributed by atoms with Gasteiger partial charge < -0.3 is 0 Å². The number of ether oxygens (including phenoxy) is 3. The molecule has 58 heavy (non-hydrogen) atoms. The SMILES string of the molecule is C[C@H](OC(=O)OCc1ccccc1[N+](=O)[O-])C1C(=O)N(CP(C(=O)OCc2ccccc2[N+](=O)[O-])(c2ccccc2)(c2ccccc2)c2ccccc2)C1CC(=O)Cl. The van der Waals surface area contributed by atoms with Crippen molar-refractivity contribution >= 4 is 68.5 Å². The fourth-order valence-corrected chi connectivity index (χ4v) is 13.8. The zero-order valence-corrected chi connectivity index (χ0v) is 32.6. The molecule has 6 rings (SSSR count). The number of benzene rings is 5. The van der Waals surface area contributed by atoms with Gasteiger partial charge in [-0.3, -0.25) is 10.1 Å². The van der Waals surface area contributed by atoms with Crippen LogP contribution < -0.4 is 15.9 Å². The topological polar surface area (TPSA) is 185 Å². The van der Waals surface area contributed by atoms with Gasteiger partial charge in [0.1, 0.15) is 0 Å². The van der Waals surface area contributed by atoms with Crippen LogP contribution >= 0.6 is 18.2 Å². The van der Waals surface area contributed by atoms with Crippen molar-refractivity contribution in [2.24, 2.45) is 5.92 Å². The number of nitro benzene ring substituents is 2. The van der Waals surface area contributed by atoms with Gasteiger partial charge in [0.05, 0.1) is 0 Å². The van der Waals surface area contributed by atoms with Gasteiger partial charge in [-0.05, 0) is 0 Å². The van der Waals surface area contributed by atoms with E-state index >= 15 is 4.79 Å². The first kappa shape index (κ1) is 41.1. The Labute approximate surface area is 337 Å². The van der Waals surface area contributed by atoms with E-state index in [-0.39, 0.29) is 35.2 Å². The van der Waals surface area contributed by atoms with Crippen LogP contribution in [0.3, 0.4) is 0 Å². The van der Waals surface area contributed by atoms with Gasteiger partial charge in [0.25, 0.3) is 0 Å². The Balaban J connectivity index is 1.43. The van der Waals surface area contributed by atoms with Crippen LogP contribution in [0.2, 0.25) is 0 Å². The van der Waals surface area contributed by atoms with E-state index in [2.05, 4.69) is 0 Å². The third-order valence-electron chi connectivity index (χ3n) is 10.4. The number of β-lactam (4-membered cyclic amide) rings is 1. The number of amides is 1. The van der Waals surface area contributed by atoms with Crippen molar-refractivity contribution in [3.63, 3.8) is 0 Å². The van der Waals surface area contributed by atoms with Crippen molar-refractivity contribution in [1.82, 2.24) is 4.90 Å². The molecule has 298 valence electrons. The Morgan fingerprint density at radius 1 is 0.690 bits per heavy atom. The molecular formula is C42H37ClN3O11P. The van der Waals surface area contributed by atoms with Crippen LogP contribution in [-0.2, 0) is 37.0 Å². The summed E-state index contributed by atoms with van der Waals surface area (Å²) < 4.78 is 16.9. The van der Waals surface area contributed by atoms with Gasteiger partial charge in [0.15, 0.2) is 0 Å². The van der Waals surface area contributed by atoms with Crippen LogP contribution in [0, 0.1) is 26.1 Å². The number of likely N-dealkylation sites (tertiary alicyclic amines) is 1. The van der Waals surface area contributed by atoms with Gasteiger partial charge in [-0.25, -0.2) is 0 Å². The van der Waals surface area contributed by atoms with Crippen molar-refractivity contribution in [3.05, 3.63) is 171 Å². The predicted octanol–water partition coefficient (Wildman–Crippen LogP) is 7.35. The van der Waals surface area contributed by atoms with Crippen LogP contribution in [0.25, 0.3) is 0 Å². The van der Waals surface area contributed by atoms with Crippen LogP contribution in [0.1, 0.15) is 24.5 Å². The Kier molecular flexibility index (Phi) is 12.3. The molecule has 0 aromatic heterocycles. The molecule has 1 amide bonds. The average molecular weight is 826 g/mol. The monoisotopic (exact) mass is 825 g/mol. The molecule has 5 aromatic rings. The molecule has 1 fully saturated rings. The molecular weight excluding hydrogens is 789 g/mol. The second kappa shape index (κ2) is 17.3. The summed E-state index contributed by atoms with van der Waals surface area (Å²) in [5, 5.41) is 24.1. The van der Waals surface area contributed by atoms with Crippen LogP contribution in [0.5, 0.6) is 0 Å². The van der Waals surface area contributed by atoms with E-state index in [0.29, 0.717) is 15.9 Å². The van der Waals surface area contributed by atoms with Gasteiger partial charge in [0.2, 0.25) is 0 Å². The van der Waals surface area contributed by atoms with Gasteiger partial charge in [0, 0.05) is 0 Å². The molecule has 0 spiro atoms. The molecule has 0 bridgehead atoms. The fraction of sp³-hybridized carbons (Fsp3) is 0.190. The number of halogens is 1. The Hall–Kier alpha value is -6.50. The molecule has 1 aliphatic heterocycles. The first-order chi connectivity index (χ1) is 27.9. The zero-order chi connectivity index (χ0) is 41.5. The van der Waals surface area contributed by atoms with E-state index < -0.39 is 70.7 Å². The van der Waals surface area contributed by atoms with E-state index in [4.69, 9.17) is 25.8 Å². The number of nitro groups is 2. The molecule has 0 radical (unpaired) electrons. The minimum absolute atomic E-state index is 0.122. The average Bonchev–Trinajstić information content (AvgIpc) is 3.23. The summed E-state index contributed by atoms with van der Waals surface area (Å²) in [4.78, 5) is 79.5. The minimum atomic E-state index is -4.82. The molecule has 14 nitrogen and oxygen atoms in total. The summed E-state index contributed by atoms with van der Waals surface area (Å²) in [7, 11) is 0. The molecule has 1 heterocycles. The normalized spacial score (nSPS) is 16.1. The van der Waals surface area contributed by atoms with E-state index in [1.54, 1.807) is 103 Å². The first-order valence-electron chi connectivity index (χ1n) is 18.0. The van der Waals surface area contributed by atoms with Gasteiger partial charge in [-0.2, -0.15) is 0 Å². The van der Waals surface area contributed by atoms with Crippen LogP contribution in [0.15, 0.2) is 140 Å².